The third-order valence-electron chi connectivity index (χ3n) is 1.45. The van der Waals surface area contributed by atoms with Crippen LogP contribution in [0.1, 0.15) is 6.42 Å². The van der Waals surface area contributed by atoms with Gasteiger partial charge in [0.05, 0.1) is 0 Å². The molecule has 0 aromatic heterocycles. The molecule has 0 unspecified atom stereocenters. The van der Waals surface area contributed by atoms with Crippen molar-refractivity contribution in [1.82, 2.24) is 11.1 Å². The Balaban J connectivity index is 2.14. The topological polar surface area (TPSA) is 35.8 Å². The van der Waals surface area contributed by atoms with Gasteiger partial charge in [0.1, 0.15) is 0 Å². The highest BCUT2D eigenvalue weighted by molar-refractivity contribution is 4.70. The summed E-state index contributed by atoms with van der Waals surface area (Å²) in [6, 6.07) is 0. The smallest absolute Gasteiger partial charge is 0.0141 e. The first-order chi connectivity index (χ1) is 3.43. The summed E-state index contributed by atoms with van der Waals surface area (Å²) in [5, 5.41) is 3.20. The Bertz CT molecular complexity index is 48.0. The standard InChI is InChI=1S/C5H11N2/c6-3-5-1-2-7-4-5/h5-7H,1-4H2/t5-/m1/s1. The molecule has 1 radical (unpaired) electrons. The zero-order valence-electron chi connectivity index (χ0n) is 4.41. The van der Waals surface area contributed by atoms with E-state index in [0.29, 0.717) is 12.5 Å². The van der Waals surface area contributed by atoms with E-state index < -0.39 is 0 Å². The minimum Gasteiger partial charge on any atom is -0.316 e. The molecule has 2 N–H and O–H groups in total. The Hall–Kier alpha value is -0.0800. The first kappa shape index (κ1) is 5.06. The van der Waals surface area contributed by atoms with E-state index in [1.165, 1.54) is 6.42 Å². The molecule has 1 aliphatic heterocycles. The molecule has 0 amide bonds. The summed E-state index contributed by atoms with van der Waals surface area (Å²) >= 11 is 0. The Morgan fingerprint density at radius 3 is 2.86 bits per heavy atom. The molecule has 0 aromatic rings. The van der Waals surface area contributed by atoms with Crippen LogP contribution in [-0.4, -0.2) is 19.6 Å². The van der Waals surface area contributed by atoms with Crippen LogP contribution in [0, 0.1) is 5.92 Å². The van der Waals surface area contributed by atoms with Gasteiger partial charge in [-0.05, 0) is 25.4 Å². The van der Waals surface area contributed by atoms with Crippen LogP contribution in [0.2, 0.25) is 0 Å². The zero-order chi connectivity index (χ0) is 5.11. The minimum absolute atomic E-state index is 0.604. The van der Waals surface area contributed by atoms with Crippen molar-refractivity contribution in [3.05, 3.63) is 0 Å². The molecule has 1 aliphatic rings. The molecule has 0 spiro atoms. The first-order valence-electron chi connectivity index (χ1n) is 2.79. The van der Waals surface area contributed by atoms with Crippen LogP contribution in [-0.2, 0) is 0 Å². The van der Waals surface area contributed by atoms with E-state index in [2.05, 4.69) is 5.32 Å². The molecule has 1 fully saturated rings. The third-order valence-corrected chi connectivity index (χ3v) is 1.45. The van der Waals surface area contributed by atoms with E-state index in [4.69, 9.17) is 5.73 Å². The van der Waals surface area contributed by atoms with Gasteiger partial charge in [-0.1, -0.05) is 0 Å². The third kappa shape index (κ3) is 1.14. The van der Waals surface area contributed by atoms with E-state index >= 15 is 0 Å². The quantitative estimate of drug-likeness (QED) is 0.488. The maximum Gasteiger partial charge on any atom is 0.0141 e. The number of hydrogen-bond donors (Lipinski definition) is 1. The average Bonchev–Trinajstić information content (AvgIpc) is 2.14. The second-order valence-corrected chi connectivity index (χ2v) is 2.06. The van der Waals surface area contributed by atoms with Gasteiger partial charge in [-0.3, -0.25) is 5.73 Å². The Labute approximate surface area is 44.1 Å². The Morgan fingerprint density at radius 1 is 1.71 bits per heavy atom. The lowest BCUT2D eigenvalue weighted by Crippen LogP contribution is -2.11. The SMILES string of the molecule is [NH]C[C@H]1CCNC1. The normalized spacial score (nSPS) is 31.3. The number of hydrogen-bond acceptors (Lipinski definition) is 1. The van der Waals surface area contributed by atoms with Crippen LogP contribution in [0.25, 0.3) is 0 Å². The highest BCUT2D eigenvalue weighted by atomic mass is 14.9. The molecule has 2 nitrogen and oxygen atoms in total. The van der Waals surface area contributed by atoms with Crippen LogP contribution in [0.3, 0.4) is 0 Å². The van der Waals surface area contributed by atoms with Gasteiger partial charge in [-0.25, -0.2) is 0 Å². The van der Waals surface area contributed by atoms with E-state index in [1.54, 1.807) is 0 Å². The molecule has 0 saturated carbocycles. The molecule has 0 aliphatic carbocycles. The second kappa shape index (κ2) is 2.28. The van der Waals surface area contributed by atoms with E-state index in [9.17, 15) is 0 Å². The van der Waals surface area contributed by atoms with Crippen molar-refractivity contribution in [3.63, 3.8) is 0 Å². The van der Waals surface area contributed by atoms with Gasteiger partial charge in [-0.15, -0.1) is 0 Å². The van der Waals surface area contributed by atoms with Crippen LogP contribution in [0.4, 0.5) is 0 Å². The molecule has 2 heteroatoms. The molecule has 1 rings (SSSR count). The summed E-state index contributed by atoms with van der Waals surface area (Å²) in [5.74, 6) is 0.653. The molecule has 41 valence electrons. The predicted octanol–water partition coefficient (Wildman–Crippen LogP) is -0.121. The fraction of sp³-hybridized carbons (Fsp3) is 1.00. The minimum atomic E-state index is 0.604. The highest BCUT2D eigenvalue weighted by Gasteiger charge is 2.10. The molecule has 7 heavy (non-hydrogen) atoms. The second-order valence-electron chi connectivity index (χ2n) is 2.06. The highest BCUT2D eigenvalue weighted by Crippen LogP contribution is 2.03. The van der Waals surface area contributed by atoms with Crippen molar-refractivity contribution in [2.75, 3.05) is 19.6 Å². The van der Waals surface area contributed by atoms with Gasteiger partial charge in [-0.2, -0.15) is 0 Å². The molecule has 0 bridgehead atoms. The maximum absolute atomic E-state index is 6.96. The van der Waals surface area contributed by atoms with E-state index in [0.717, 1.165) is 13.1 Å². The Kier molecular flexibility index (Phi) is 1.65. The molecule has 1 heterocycles. The van der Waals surface area contributed by atoms with Gasteiger partial charge in [0, 0.05) is 6.54 Å². The number of rotatable bonds is 1. The van der Waals surface area contributed by atoms with Gasteiger partial charge in [0.15, 0.2) is 0 Å². The summed E-state index contributed by atoms with van der Waals surface area (Å²) in [5.41, 5.74) is 6.96. The average molecular weight is 99.2 g/mol. The van der Waals surface area contributed by atoms with Crippen LogP contribution in [0.5, 0.6) is 0 Å². The molecule has 1 atom stereocenters. The van der Waals surface area contributed by atoms with Crippen LogP contribution < -0.4 is 11.1 Å². The summed E-state index contributed by atoms with van der Waals surface area (Å²) in [6.45, 7) is 2.81. The van der Waals surface area contributed by atoms with Crippen molar-refractivity contribution < 1.29 is 0 Å². The van der Waals surface area contributed by atoms with Gasteiger partial charge < -0.3 is 5.32 Å². The zero-order valence-corrected chi connectivity index (χ0v) is 4.41. The van der Waals surface area contributed by atoms with Gasteiger partial charge >= 0.3 is 0 Å². The van der Waals surface area contributed by atoms with Crippen molar-refractivity contribution in [1.29, 1.82) is 0 Å². The lowest BCUT2D eigenvalue weighted by atomic mass is 10.1. The fourth-order valence-corrected chi connectivity index (χ4v) is 0.889. The lowest BCUT2D eigenvalue weighted by Gasteiger charge is -1.98. The van der Waals surface area contributed by atoms with Crippen molar-refractivity contribution in [3.8, 4) is 0 Å². The van der Waals surface area contributed by atoms with Crippen molar-refractivity contribution in [2.45, 2.75) is 6.42 Å². The summed E-state index contributed by atoms with van der Waals surface area (Å²) in [7, 11) is 0. The molecular weight excluding hydrogens is 88.1 g/mol. The monoisotopic (exact) mass is 99.1 g/mol. The predicted molar refractivity (Wildman–Crippen MR) is 28.9 cm³/mol. The summed E-state index contributed by atoms with van der Waals surface area (Å²) in [6.07, 6.45) is 1.21. The summed E-state index contributed by atoms with van der Waals surface area (Å²) in [4.78, 5) is 0. The molecular formula is C5H11N2. The fourth-order valence-electron chi connectivity index (χ4n) is 0.889. The van der Waals surface area contributed by atoms with Gasteiger partial charge in [0.25, 0.3) is 0 Å². The van der Waals surface area contributed by atoms with Crippen LogP contribution in [0.15, 0.2) is 0 Å². The largest absolute Gasteiger partial charge is 0.316 e. The Morgan fingerprint density at radius 2 is 2.57 bits per heavy atom. The maximum atomic E-state index is 6.96. The number of nitrogens with one attached hydrogen (secondary N) is 2. The summed E-state index contributed by atoms with van der Waals surface area (Å²) < 4.78 is 0. The first-order valence-corrected chi connectivity index (χ1v) is 2.79. The van der Waals surface area contributed by atoms with Gasteiger partial charge in [0.2, 0.25) is 0 Å². The van der Waals surface area contributed by atoms with E-state index in [-0.39, 0.29) is 0 Å². The molecule has 0 aromatic carbocycles. The molecule has 1 saturated heterocycles. The van der Waals surface area contributed by atoms with E-state index in [1.807, 2.05) is 0 Å². The van der Waals surface area contributed by atoms with Crippen molar-refractivity contribution >= 4 is 0 Å². The lowest BCUT2D eigenvalue weighted by molar-refractivity contribution is 0.587. The van der Waals surface area contributed by atoms with Crippen molar-refractivity contribution in [2.24, 2.45) is 5.92 Å². The van der Waals surface area contributed by atoms with Crippen LogP contribution >= 0.6 is 0 Å².